The van der Waals surface area contributed by atoms with Crippen LogP contribution in [0.4, 0.5) is 0 Å². The van der Waals surface area contributed by atoms with Crippen molar-refractivity contribution in [3.63, 3.8) is 0 Å². The molecule has 0 saturated heterocycles. The molecule has 4 nitrogen and oxygen atoms in total. The van der Waals surface area contributed by atoms with E-state index in [2.05, 4.69) is 10.6 Å². The van der Waals surface area contributed by atoms with Gasteiger partial charge in [0.25, 0.3) is 0 Å². The van der Waals surface area contributed by atoms with E-state index < -0.39 is 0 Å². The van der Waals surface area contributed by atoms with Crippen LogP contribution in [0.25, 0.3) is 0 Å². The van der Waals surface area contributed by atoms with Gasteiger partial charge < -0.3 is 5.32 Å². The quantitative estimate of drug-likeness (QED) is 0.403. The zero-order valence-corrected chi connectivity index (χ0v) is 6.23. The number of Topliss-reactive ketones (excluding diaryl/α,β-unsaturated/α-hetero) is 1. The predicted octanol–water partition coefficient (Wildman–Crippen LogP) is -0.741. The van der Waals surface area contributed by atoms with E-state index in [1.807, 2.05) is 0 Å². The number of amides is 1. The number of carbonyl (C=O) groups excluding carboxylic acids is 2. The lowest BCUT2D eigenvalue weighted by atomic mass is 10.4. The molecule has 0 saturated carbocycles. The SMILES string of the molecule is CC(=O)CNCNC(C)=O. The summed E-state index contributed by atoms with van der Waals surface area (Å²) < 4.78 is 0. The van der Waals surface area contributed by atoms with Crippen molar-refractivity contribution in [1.29, 1.82) is 0 Å². The molecule has 0 spiro atoms. The van der Waals surface area contributed by atoms with Gasteiger partial charge in [0.1, 0.15) is 5.78 Å². The van der Waals surface area contributed by atoms with Gasteiger partial charge in [0.2, 0.25) is 5.91 Å². The molecule has 0 heterocycles. The Morgan fingerprint density at radius 3 is 2.30 bits per heavy atom. The summed E-state index contributed by atoms with van der Waals surface area (Å²) in [6.07, 6.45) is 0. The molecule has 10 heavy (non-hydrogen) atoms. The van der Waals surface area contributed by atoms with Crippen molar-refractivity contribution >= 4 is 11.7 Å². The summed E-state index contributed by atoms with van der Waals surface area (Å²) in [5.41, 5.74) is 0. The van der Waals surface area contributed by atoms with E-state index in [4.69, 9.17) is 0 Å². The summed E-state index contributed by atoms with van der Waals surface area (Å²) in [5.74, 6) is -0.0404. The lowest BCUT2D eigenvalue weighted by Gasteiger charge is -2.01. The first-order valence-electron chi connectivity index (χ1n) is 3.07. The fourth-order valence-corrected chi connectivity index (χ4v) is 0.426. The number of rotatable bonds is 4. The molecule has 0 radical (unpaired) electrons. The molecule has 0 aromatic rings. The molecule has 0 fully saturated rings. The van der Waals surface area contributed by atoms with Crippen molar-refractivity contribution in [2.45, 2.75) is 13.8 Å². The molecule has 58 valence electrons. The molecule has 0 unspecified atom stereocenters. The van der Waals surface area contributed by atoms with Crippen LogP contribution >= 0.6 is 0 Å². The van der Waals surface area contributed by atoms with Crippen LogP contribution in [0.5, 0.6) is 0 Å². The Morgan fingerprint density at radius 1 is 1.30 bits per heavy atom. The minimum Gasteiger partial charge on any atom is -0.344 e. The number of carbonyl (C=O) groups is 2. The fourth-order valence-electron chi connectivity index (χ4n) is 0.426. The van der Waals surface area contributed by atoms with Crippen molar-refractivity contribution in [3.05, 3.63) is 0 Å². The average molecular weight is 144 g/mol. The predicted molar refractivity (Wildman–Crippen MR) is 37.4 cm³/mol. The van der Waals surface area contributed by atoms with E-state index in [9.17, 15) is 9.59 Å². The van der Waals surface area contributed by atoms with Crippen LogP contribution in [-0.4, -0.2) is 24.9 Å². The van der Waals surface area contributed by atoms with Crippen LogP contribution in [0.1, 0.15) is 13.8 Å². The van der Waals surface area contributed by atoms with Gasteiger partial charge in [-0.3, -0.25) is 14.9 Å². The number of nitrogens with one attached hydrogen (secondary N) is 2. The Kier molecular flexibility index (Phi) is 4.49. The second-order valence-electron chi connectivity index (χ2n) is 2.04. The van der Waals surface area contributed by atoms with Crippen LogP contribution in [0.2, 0.25) is 0 Å². The van der Waals surface area contributed by atoms with Crippen LogP contribution in [-0.2, 0) is 9.59 Å². The van der Waals surface area contributed by atoms with Crippen molar-refractivity contribution in [1.82, 2.24) is 10.6 Å². The van der Waals surface area contributed by atoms with Crippen LogP contribution < -0.4 is 10.6 Å². The van der Waals surface area contributed by atoms with Gasteiger partial charge in [0.15, 0.2) is 0 Å². The highest BCUT2D eigenvalue weighted by Crippen LogP contribution is 1.62. The normalized spacial score (nSPS) is 9.00. The largest absolute Gasteiger partial charge is 0.344 e. The monoisotopic (exact) mass is 144 g/mol. The first kappa shape index (κ1) is 9.10. The third-order valence-electron chi connectivity index (χ3n) is 0.836. The number of ketones is 1. The smallest absolute Gasteiger partial charge is 0.217 e. The van der Waals surface area contributed by atoms with Crippen molar-refractivity contribution in [3.8, 4) is 0 Å². The third kappa shape index (κ3) is 7.10. The molecule has 0 aliphatic rings. The van der Waals surface area contributed by atoms with E-state index in [1.54, 1.807) is 0 Å². The highest BCUT2D eigenvalue weighted by molar-refractivity contribution is 5.77. The molecule has 0 aliphatic heterocycles. The van der Waals surface area contributed by atoms with Crippen LogP contribution in [0.15, 0.2) is 0 Å². The topological polar surface area (TPSA) is 58.2 Å². The first-order chi connectivity index (χ1) is 4.63. The molecular weight excluding hydrogens is 132 g/mol. The molecule has 0 aliphatic carbocycles. The lowest BCUT2D eigenvalue weighted by molar-refractivity contribution is -0.120. The van der Waals surface area contributed by atoms with Crippen molar-refractivity contribution < 1.29 is 9.59 Å². The minimum atomic E-state index is -0.101. The van der Waals surface area contributed by atoms with Gasteiger partial charge in [-0.1, -0.05) is 0 Å². The van der Waals surface area contributed by atoms with Crippen LogP contribution in [0, 0.1) is 0 Å². The van der Waals surface area contributed by atoms with Gasteiger partial charge in [0.05, 0.1) is 13.2 Å². The van der Waals surface area contributed by atoms with E-state index in [1.165, 1.54) is 13.8 Å². The molecule has 2 N–H and O–H groups in total. The zero-order valence-electron chi connectivity index (χ0n) is 6.23. The highest BCUT2D eigenvalue weighted by Gasteiger charge is 1.91. The Hall–Kier alpha value is -0.900. The van der Waals surface area contributed by atoms with Gasteiger partial charge in [0, 0.05) is 6.92 Å². The summed E-state index contributed by atoms with van der Waals surface area (Å²) in [7, 11) is 0. The summed E-state index contributed by atoms with van der Waals surface area (Å²) in [6.45, 7) is 3.57. The van der Waals surface area contributed by atoms with E-state index >= 15 is 0 Å². The third-order valence-corrected chi connectivity index (χ3v) is 0.836. The first-order valence-corrected chi connectivity index (χ1v) is 3.07. The van der Waals surface area contributed by atoms with E-state index in [0.717, 1.165) is 0 Å². The van der Waals surface area contributed by atoms with Crippen molar-refractivity contribution in [2.75, 3.05) is 13.2 Å². The van der Waals surface area contributed by atoms with E-state index in [-0.39, 0.29) is 11.7 Å². The maximum Gasteiger partial charge on any atom is 0.217 e. The van der Waals surface area contributed by atoms with Gasteiger partial charge in [-0.05, 0) is 6.92 Å². The zero-order chi connectivity index (χ0) is 7.98. The van der Waals surface area contributed by atoms with Gasteiger partial charge in [-0.2, -0.15) is 0 Å². The summed E-state index contributed by atoms with van der Waals surface area (Å²) in [4.78, 5) is 20.6. The average Bonchev–Trinajstić information content (AvgIpc) is 1.79. The molecule has 0 atom stereocenters. The second kappa shape index (κ2) is 4.93. The Labute approximate surface area is 60.0 Å². The van der Waals surface area contributed by atoms with Gasteiger partial charge in [-0.25, -0.2) is 0 Å². The maximum absolute atomic E-state index is 10.3. The molecule has 0 aromatic heterocycles. The molecule has 0 rings (SSSR count). The summed E-state index contributed by atoms with van der Waals surface area (Å²) in [5, 5.41) is 5.23. The number of hydrogen-bond donors (Lipinski definition) is 2. The maximum atomic E-state index is 10.3. The van der Waals surface area contributed by atoms with Crippen molar-refractivity contribution in [2.24, 2.45) is 0 Å². The van der Waals surface area contributed by atoms with Gasteiger partial charge in [-0.15, -0.1) is 0 Å². The lowest BCUT2D eigenvalue weighted by Crippen LogP contribution is -2.34. The van der Waals surface area contributed by atoms with Crippen LogP contribution in [0.3, 0.4) is 0 Å². The Balaban J connectivity index is 3.06. The Morgan fingerprint density at radius 2 is 1.90 bits per heavy atom. The standard InChI is InChI=1S/C6H12N2O2/c1-5(9)3-7-4-8-6(2)10/h7H,3-4H2,1-2H3,(H,8,10). The second-order valence-corrected chi connectivity index (χ2v) is 2.04. The summed E-state index contributed by atoms with van der Waals surface area (Å²) >= 11 is 0. The Bertz CT molecular complexity index is 118. The molecule has 1 amide bonds. The fraction of sp³-hybridized carbons (Fsp3) is 0.667. The molecule has 0 aromatic carbocycles. The van der Waals surface area contributed by atoms with E-state index in [0.29, 0.717) is 13.2 Å². The summed E-state index contributed by atoms with van der Waals surface area (Å²) in [6, 6.07) is 0. The number of hydrogen-bond acceptors (Lipinski definition) is 3. The molecule has 0 bridgehead atoms. The molecule has 4 heteroatoms. The van der Waals surface area contributed by atoms with Gasteiger partial charge >= 0.3 is 0 Å². The minimum absolute atomic E-state index is 0.0605. The highest BCUT2D eigenvalue weighted by atomic mass is 16.1. The molecular formula is C6H12N2O2.